The highest BCUT2D eigenvalue weighted by molar-refractivity contribution is 7.19. The molecule has 0 spiro atoms. The van der Waals surface area contributed by atoms with Crippen LogP contribution in [-0.2, 0) is 6.54 Å². The van der Waals surface area contributed by atoms with E-state index in [-0.39, 0.29) is 5.91 Å². The lowest BCUT2D eigenvalue weighted by Crippen LogP contribution is -2.29. The number of ether oxygens (including phenoxy) is 1. The molecule has 0 bridgehead atoms. The van der Waals surface area contributed by atoms with Crippen LogP contribution < -0.4 is 10.1 Å². The van der Waals surface area contributed by atoms with E-state index in [4.69, 9.17) is 4.74 Å². The molecule has 3 rings (SSSR count). The van der Waals surface area contributed by atoms with Crippen LogP contribution in [0.4, 0.5) is 0 Å². The summed E-state index contributed by atoms with van der Waals surface area (Å²) >= 11 is 1.72. The number of methoxy groups -OCH3 is 1. The maximum Gasteiger partial charge on any atom is 0.267 e. The van der Waals surface area contributed by atoms with Crippen molar-refractivity contribution in [2.24, 2.45) is 5.92 Å². The molecule has 0 saturated heterocycles. The number of hydrogen-bond donors (Lipinski definition) is 1. The molecular weight excluding hydrogens is 332 g/mol. The largest absolute Gasteiger partial charge is 0.496 e. The fraction of sp³-hybridized carbons (Fsp3) is 0.350. The number of nitrogens with zero attached hydrogens (tertiary/aromatic N) is 1. The first-order valence-electron chi connectivity index (χ1n) is 8.49. The normalized spacial score (nSPS) is 11.2. The van der Waals surface area contributed by atoms with E-state index in [1.165, 1.54) is 4.88 Å². The number of benzene rings is 1. The molecule has 0 aliphatic rings. The van der Waals surface area contributed by atoms with Crippen LogP contribution in [0, 0.1) is 12.8 Å². The fourth-order valence-corrected chi connectivity index (χ4v) is 3.88. The zero-order valence-corrected chi connectivity index (χ0v) is 15.9. The zero-order valence-electron chi connectivity index (χ0n) is 15.1. The molecule has 2 heterocycles. The number of aryl methyl sites for hydroxylation is 1. The van der Waals surface area contributed by atoms with Crippen LogP contribution >= 0.6 is 11.3 Å². The quantitative estimate of drug-likeness (QED) is 0.709. The van der Waals surface area contributed by atoms with Crippen molar-refractivity contribution in [3.8, 4) is 5.75 Å². The molecule has 2 aromatic heterocycles. The molecule has 0 aliphatic carbocycles. The molecule has 0 aliphatic heterocycles. The van der Waals surface area contributed by atoms with E-state index in [2.05, 4.69) is 36.7 Å². The van der Waals surface area contributed by atoms with Gasteiger partial charge in [-0.3, -0.25) is 4.79 Å². The van der Waals surface area contributed by atoms with E-state index in [1.807, 2.05) is 30.3 Å². The van der Waals surface area contributed by atoms with Crippen molar-refractivity contribution in [2.75, 3.05) is 13.7 Å². The van der Waals surface area contributed by atoms with Gasteiger partial charge in [-0.15, -0.1) is 11.3 Å². The second-order valence-electron chi connectivity index (χ2n) is 6.64. The van der Waals surface area contributed by atoms with Gasteiger partial charge in [-0.25, -0.2) is 0 Å². The summed E-state index contributed by atoms with van der Waals surface area (Å²) in [5.74, 6) is 1.24. The molecule has 1 aromatic carbocycles. The smallest absolute Gasteiger partial charge is 0.267 e. The predicted molar refractivity (Wildman–Crippen MR) is 104 cm³/mol. The summed E-state index contributed by atoms with van der Waals surface area (Å²) in [5, 5.41) is 3.03. The lowest BCUT2D eigenvalue weighted by Gasteiger charge is -2.14. The Balaban J connectivity index is 2.01. The Hall–Kier alpha value is -2.27. The van der Waals surface area contributed by atoms with Gasteiger partial charge < -0.3 is 14.6 Å². The molecule has 0 saturated carbocycles. The third-order valence-electron chi connectivity index (χ3n) is 4.14. The molecular formula is C20H24N2O2S. The van der Waals surface area contributed by atoms with E-state index in [9.17, 15) is 4.79 Å². The molecule has 0 unspecified atom stereocenters. The van der Waals surface area contributed by atoms with Crippen molar-refractivity contribution in [3.63, 3.8) is 0 Å². The number of amides is 1. The van der Waals surface area contributed by atoms with Crippen LogP contribution in [0.3, 0.4) is 0 Å². The van der Waals surface area contributed by atoms with E-state index in [0.717, 1.165) is 21.5 Å². The van der Waals surface area contributed by atoms with Gasteiger partial charge in [-0.1, -0.05) is 32.0 Å². The fourth-order valence-electron chi connectivity index (χ4n) is 2.91. The van der Waals surface area contributed by atoms with Gasteiger partial charge in [-0.2, -0.15) is 0 Å². The highest BCUT2D eigenvalue weighted by atomic mass is 32.1. The van der Waals surface area contributed by atoms with E-state index in [0.29, 0.717) is 24.7 Å². The number of carbonyl (C=O) groups is 1. The third-order valence-corrected chi connectivity index (χ3v) is 5.12. The number of carbonyl (C=O) groups excluding carboxylic acids is 1. The molecule has 1 amide bonds. The molecule has 25 heavy (non-hydrogen) atoms. The number of thiophene rings is 1. The Morgan fingerprint density at radius 1 is 1.28 bits per heavy atom. The molecule has 132 valence electrons. The minimum Gasteiger partial charge on any atom is -0.496 e. The number of para-hydroxylation sites is 1. The van der Waals surface area contributed by atoms with Crippen molar-refractivity contribution in [2.45, 2.75) is 27.3 Å². The summed E-state index contributed by atoms with van der Waals surface area (Å²) in [5.41, 5.74) is 2.86. The van der Waals surface area contributed by atoms with Gasteiger partial charge >= 0.3 is 0 Å². The Labute approximate surface area is 152 Å². The number of nitrogens with one attached hydrogen (secondary N) is 1. The maximum atomic E-state index is 12.7. The number of aromatic nitrogens is 1. The molecule has 4 nitrogen and oxygen atoms in total. The van der Waals surface area contributed by atoms with Crippen LogP contribution in [0.1, 0.15) is 34.8 Å². The van der Waals surface area contributed by atoms with Crippen molar-refractivity contribution >= 4 is 27.5 Å². The minimum atomic E-state index is -0.0235. The first-order valence-corrected chi connectivity index (χ1v) is 9.31. The summed E-state index contributed by atoms with van der Waals surface area (Å²) in [4.78, 5) is 14.0. The van der Waals surface area contributed by atoms with Gasteiger partial charge in [0.05, 0.1) is 23.9 Å². The van der Waals surface area contributed by atoms with E-state index in [1.54, 1.807) is 18.4 Å². The van der Waals surface area contributed by atoms with Gasteiger partial charge in [-0.05, 0) is 31.0 Å². The van der Waals surface area contributed by atoms with Crippen molar-refractivity contribution in [1.82, 2.24) is 9.88 Å². The Kier molecular flexibility index (Phi) is 5.13. The molecule has 0 atom stereocenters. The molecule has 5 heteroatoms. The molecule has 3 aromatic rings. The third kappa shape index (κ3) is 3.71. The molecule has 0 fully saturated rings. The van der Waals surface area contributed by atoms with Crippen molar-refractivity contribution in [1.29, 1.82) is 0 Å². The van der Waals surface area contributed by atoms with Crippen LogP contribution in [0.25, 0.3) is 10.2 Å². The number of rotatable bonds is 6. The summed E-state index contributed by atoms with van der Waals surface area (Å²) in [7, 11) is 1.68. The van der Waals surface area contributed by atoms with Crippen LogP contribution in [0.2, 0.25) is 0 Å². The van der Waals surface area contributed by atoms with Gasteiger partial charge in [0.25, 0.3) is 5.91 Å². The van der Waals surface area contributed by atoms with Gasteiger partial charge in [0.15, 0.2) is 0 Å². The summed E-state index contributed by atoms with van der Waals surface area (Å²) in [6, 6.07) is 12.1. The Morgan fingerprint density at radius 2 is 2.04 bits per heavy atom. The maximum absolute atomic E-state index is 12.7. The number of hydrogen-bond acceptors (Lipinski definition) is 3. The Morgan fingerprint density at radius 3 is 2.76 bits per heavy atom. The standard InChI is InChI=1S/C20H24N2O2S/c1-13(2)11-21-20(23)17-10-19-16(9-14(3)25-19)22(17)12-15-7-5-6-8-18(15)24-4/h5-10,13H,11-12H2,1-4H3,(H,21,23). The highest BCUT2D eigenvalue weighted by Crippen LogP contribution is 2.30. The van der Waals surface area contributed by atoms with Gasteiger partial charge in [0, 0.05) is 17.0 Å². The van der Waals surface area contributed by atoms with E-state index >= 15 is 0 Å². The average Bonchev–Trinajstić information content (AvgIpc) is 3.10. The van der Waals surface area contributed by atoms with E-state index < -0.39 is 0 Å². The SMILES string of the molecule is COc1ccccc1Cn1c(C(=O)NCC(C)C)cc2sc(C)cc21. The number of fused-ring (bicyclic) bond motifs is 1. The summed E-state index contributed by atoms with van der Waals surface area (Å²) in [6.07, 6.45) is 0. The second-order valence-corrected chi connectivity index (χ2v) is 7.93. The summed E-state index contributed by atoms with van der Waals surface area (Å²) < 4.78 is 8.71. The lowest BCUT2D eigenvalue weighted by molar-refractivity contribution is 0.0940. The van der Waals surface area contributed by atoms with Crippen molar-refractivity contribution in [3.05, 3.63) is 52.5 Å². The minimum absolute atomic E-state index is 0.0235. The first kappa shape index (κ1) is 17.5. The van der Waals surface area contributed by atoms with Gasteiger partial charge in [0.1, 0.15) is 11.4 Å². The second kappa shape index (κ2) is 7.31. The van der Waals surface area contributed by atoms with Crippen LogP contribution in [0.15, 0.2) is 36.4 Å². The monoisotopic (exact) mass is 356 g/mol. The van der Waals surface area contributed by atoms with Crippen molar-refractivity contribution < 1.29 is 9.53 Å². The Bertz CT molecular complexity index is 892. The highest BCUT2D eigenvalue weighted by Gasteiger charge is 2.18. The first-order chi connectivity index (χ1) is 12.0. The average molecular weight is 356 g/mol. The summed E-state index contributed by atoms with van der Waals surface area (Å²) in [6.45, 7) is 7.56. The predicted octanol–water partition coefficient (Wildman–Crippen LogP) is 4.45. The topological polar surface area (TPSA) is 43.3 Å². The van der Waals surface area contributed by atoms with Gasteiger partial charge in [0.2, 0.25) is 0 Å². The zero-order chi connectivity index (χ0) is 18.0. The molecule has 1 N–H and O–H groups in total. The van der Waals surface area contributed by atoms with Crippen LogP contribution in [-0.4, -0.2) is 24.1 Å². The molecule has 0 radical (unpaired) electrons. The lowest BCUT2D eigenvalue weighted by atomic mass is 10.2. The van der Waals surface area contributed by atoms with Crippen LogP contribution in [0.5, 0.6) is 5.75 Å².